The van der Waals surface area contributed by atoms with E-state index in [2.05, 4.69) is 65.6 Å². The van der Waals surface area contributed by atoms with Crippen LogP contribution in [-0.2, 0) is 10.2 Å². The Morgan fingerprint density at radius 2 is 1.86 bits per heavy atom. The van der Waals surface area contributed by atoms with Gasteiger partial charge in [-0.2, -0.15) is 0 Å². The number of likely N-dealkylation sites (tertiary alicyclic amines) is 1. The molecular formula is C23H36N4O. The molecule has 1 atom stereocenters. The van der Waals surface area contributed by atoms with Crippen LogP contribution in [-0.4, -0.2) is 49.5 Å². The van der Waals surface area contributed by atoms with Gasteiger partial charge in [0, 0.05) is 44.1 Å². The molecule has 0 bridgehead atoms. The molecular weight excluding hydrogens is 348 g/mol. The van der Waals surface area contributed by atoms with Crippen molar-refractivity contribution < 1.29 is 4.79 Å². The van der Waals surface area contributed by atoms with Crippen molar-refractivity contribution in [1.82, 2.24) is 15.5 Å². The second kappa shape index (κ2) is 8.97. The summed E-state index contributed by atoms with van der Waals surface area (Å²) in [6.07, 6.45) is 5.55. The third-order valence-electron chi connectivity index (χ3n) is 6.30. The van der Waals surface area contributed by atoms with Crippen molar-refractivity contribution in [1.29, 1.82) is 0 Å². The first-order chi connectivity index (χ1) is 13.4. The molecule has 3 rings (SSSR count). The third kappa shape index (κ3) is 5.06. The van der Waals surface area contributed by atoms with Crippen molar-refractivity contribution in [2.45, 2.75) is 64.3 Å². The normalized spacial score (nSPS) is 21.2. The number of hydrogen-bond acceptors (Lipinski definition) is 2. The number of aryl methyl sites for hydroxylation is 1. The van der Waals surface area contributed by atoms with Gasteiger partial charge in [0.05, 0.1) is 0 Å². The fraction of sp³-hybridized carbons (Fsp3) is 0.652. The van der Waals surface area contributed by atoms with E-state index >= 15 is 0 Å². The number of benzene rings is 1. The van der Waals surface area contributed by atoms with Crippen LogP contribution in [0.15, 0.2) is 29.3 Å². The Balaban J connectivity index is 1.49. The summed E-state index contributed by atoms with van der Waals surface area (Å²) in [5.41, 5.74) is 2.60. The fourth-order valence-electron chi connectivity index (χ4n) is 4.31. The predicted molar refractivity (Wildman–Crippen MR) is 116 cm³/mol. The smallest absolute Gasteiger partial charge is 0.225 e. The number of amides is 1. The van der Waals surface area contributed by atoms with Crippen LogP contribution in [0.1, 0.15) is 57.1 Å². The van der Waals surface area contributed by atoms with Crippen LogP contribution in [0.25, 0.3) is 0 Å². The maximum absolute atomic E-state index is 12.6. The van der Waals surface area contributed by atoms with Gasteiger partial charge in [0.1, 0.15) is 0 Å². The van der Waals surface area contributed by atoms with Crippen molar-refractivity contribution in [3.05, 3.63) is 35.4 Å². The molecule has 5 nitrogen and oxygen atoms in total. The Labute approximate surface area is 170 Å². The molecule has 1 saturated heterocycles. The van der Waals surface area contributed by atoms with Gasteiger partial charge in [-0.3, -0.25) is 9.79 Å². The van der Waals surface area contributed by atoms with Crippen molar-refractivity contribution in [2.24, 2.45) is 10.9 Å². The van der Waals surface area contributed by atoms with E-state index < -0.39 is 0 Å². The highest BCUT2D eigenvalue weighted by atomic mass is 16.2. The highest BCUT2D eigenvalue weighted by Crippen LogP contribution is 2.28. The van der Waals surface area contributed by atoms with Crippen LogP contribution in [0.2, 0.25) is 0 Å². The molecule has 28 heavy (non-hydrogen) atoms. The molecule has 5 heteroatoms. The van der Waals surface area contributed by atoms with E-state index in [1.807, 2.05) is 7.05 Å². The average Bonchev–Trinajstić information content (AvgIpc) is 3.37. The minimum absolute atomic E-state index is 0.00543. The van der Waals surface area contributed by atoms with Gasteiger partial charge in [0.25, 0.3) is 0 Å². The number of guanidine groups is 1. The van der Waals surface area contributed by atoms with Crippen molar-refractivity contribution >= 4 is 11.9 Å². The topological polar surface area (TPSA) is 56.7 Å². The van der Waals surface area contributed by atoms with Gasteiger partial charge in [-0.05, 0) is 31.7 Å². The summed E-state index contributed by atoms with van der Waals surface area (Å²) in [6.45, 7) is 9.05. The molecule has 2 fully saturated rings. The lowest BCUT2D eigenvalue weighted by atomic mass is 9.84. The molecule has 0 spiro atoms. The molecule has 1 aliphatic heterocycles. The van der Waals surface area contributed by atoms with Crippen LogP contribution in [0, 0.1) is 12.8 Å². The molecule has 154 valence electrons. The Hall–Kier alpha value is -2.04. The van der Waals surface area contributed by atoms with E-state index in [-0.39, 0.29) is 17.4 Å². The first kappa shape index (κ1) is 20.7. The number of carbonyl (C=O) groups excluding carboxylic acids is 1. The quantitative estimate of drug-likeness (QED) is 0.605. The first-order valence-corrected chi connectivity index (χ1v) is 10.7. The van der Waals surface area contributed by atoms with E-state index in [9.17, 15) is 4.79 Å². The molecule has 1 heterocycles. The lowest BCUT2D eigenvalue weighted by molar-refractivity contribution is -0.134. The first-order valence-electron chi connectivity index (χ1n) is 10.7. The number of hydrogen-bond donors (Lipinski definition) is 2. The Kier molecular flexibility index (Phi) is 6.63. The molecule has 0 aromatic heterocycles. The summed E-state index contributed by atoms with van der Waals surface area (Å²) in [4.78, 5) is 19.1. The van der Waals surface area contributed by atoms with Gasteiger partial charge >= 0.3 is 0 Å². The van der Waals surface area contributed by atoms with Crippen LogP contribution >= 0.6 is 0 Å². The van der Waals surface area contributed by atoms with Gasteiger partial charge in [-0.1, -0.05) is 56.5 Å². The Morgan fingerprint density at radius 1 is 1.18 bits per heavy atom. The van der Waals surface area contributed by atoms with E-state index in [1.54, 1.807) is 0 Å². The van der Waals surface area contributed by atoms with Crippen LogP contribution in [0.4, 0.5) is 0 Å². The van der Waals surface area contributed by atoms with Crippen LogP contribution in [0.3, 0.4) is 0 Å². The lowest BCUT2D eigenvalue weighted by Gasteiger charge is -2.28. The maximum Gasteiger partial charge on any atom is 0.225 e. The Bertz CT molecular complexity index is 689. The zero-order valence-electron chi connectivity index (χ0n) is 17.9. The monoisotopic (exact) mass is 384 g/mol. The zero-order chi connectivity index (χ0) is 20.1. The molecule has 1 aromatic rings. The van der Waals surface area contributed by atoms with E-state index in [1.165, 1.54) is 24.0 Å². The SMILES string of the molecule is CN=C(NCC(C)(C)c1ccc(C)cc1)NC1CCN(C(=O)C2CCCC2)C1. The number of nitrogens with one attached hydrogen (secondary N) is 2. The molecule has 1 unspecified atom stereocenters. The molecule has 1 saturated carbocycles. The minimum Gasteiger partial charge on any atom is -0.356 e. The largest absolute Gasteiger partial charge is 0.356 e. The maximum atomic E-state index is 12.6. The highest BCUT2D eigenvalue weighted by Gasteiger charge is 2.32. The summed E-state index contributed by atoms with van der Waals surface area (Å²) in [5, 5.41) is 7.00. The Morgan fingerprint density at radius 3 is 2.50 bits per heavy atom. The van der Waals surface area contributed by atoms with Gasteiger partial charge in [-0.15, -0.1) is 0 Å². The lowest BCUT2D eigenvalue weighted by Crippen LogP contribution is -2.48. The van der Waals surface area contributed by atoms with E-state index in [0.29, 0.717) is 5.91 Å². The van der Waals surface area contributed by atoms with Crippen molar-refractivity contribution in [3.63, 3.8) is 0 Å². The van der Waals surface area contributed by atoms with E-state index in [0.717, 1.165) is 44.9 Å². The predicted octanol–water partition coefficient (Wildman–Crippen LogP) is 3.23. The number of aliphatic imine (C=N–C) groups is 1. The standard InChI is InChI=1S/C23H36N4O/c1-17-9-11-19(12-10-17)23(2,3)16-25-22(24-4)26-20-13-14-27(15-20)21(28)18-7-5-6-8-18/h9-12,18,20H,5-8,13-16H2,1-4H3,(H2,24,25,26). The van der Waals surface area contributed by atoms with Crippen molar-refractivity contribution in [3.8, 4) is 0 Å². The molecule has 2 N–H and O–H groups in total. The van der Waals surface area contributed by atoms with Crippen LogP contribution < -0.4 is 10.6 Å². The minimum atomic E-state index is 0.00543. The fourth-order valence-corrected chi connectivity index (χ4v) is 4.31. The van der Waals surface area contributed by atoms with Crippen molar-refractivity contribution in [2.75, 3.05) is 26.7 Å². The summed E-state index contributed by atoms with van der Waals surface area (Å²) in [7, 11) is 1.81. The number of nitrogens with zero attached hydrogens (tertiary/aromatic N) is 2. The molecule has 0 radical (unpaired) electrons. The second-order valence-electron chi connectivity index (χ2n) is 9.07. The summed E-state index contributed by atoms with van der Waals surface area (Å²) >= 11 is 0. The summed E-state index contributed by atoms with van der Waals surface area (Å²) in [5.74, 6) is 1.46. The molecule has 1 aliphatic carbocycles. The van der Waals surface area contributed by atoms with Gasteiger partial charge in [-0.25, -0.2) is 0 Å². The van der Waals surface area contributed by atoms with E-state index in [4.69, 9.17) is 0 Å². The van der Waals surface area contributed by atoms with Crippen LogP contribution in [0.5, 0.6) is 0 Å². The summed E-state index contributed by atoms with van der Waals surface area (Å²) in [6, 6.07) is 9.02. The number of carbonyl (C=O) groups is 1. The number of rotatable bonds is 5. The van der Waals surface area contributed by atoms with Gasteiger partial charge < -0.3 is 15.5 Å². The summed E-state index contributed by atoms with van der Waals surface area (Å²) < 4.78 is 0. The third-order valence-corrected chi connectivity index (χ3v) is 6.30. The highest BCUT2D eigenvalue weighted by molar-refractivity contribution is 5.81. The van der Waals surface area contributed by atoms with Gasteiger partial charge in [0.2, 0.25) is 5.91 Å². The molecule has 1 amide bonds. The molecule has 1 aromatic carbocycles. The zero-order valence-corrected chi connectivity index (χ0v) is 17.9. The average molecular weight is 385 g/mol. The van der Waals surface area contributed by atoms with Gasteiger partial charge in [0.15, 0.2) is 5.96 Å². The second-order valence-corrected chi connectivity index (χ2v) is 9.07. The molecule has 2 aliphatic rings.